The minimum Gasteiger partial charge on any atom is -0.285 e. The fourth-order valence-electron chi connectivity index (χ4n) is 1.59. The van der Waals surface area contributed by atoms with Crippen LogP contribution in [0.15, 0.2) is 0 Å². The van der Waals surface area contributed by atoms with Gasteiger partial charge in [-0.05, 0) is 12.8 Å². The first-order chi connectivity index (χ1) is 6.29. The molecule has 0 amide bonds. The summed E-state index contributed by atoms with van der Waals surface area (Å²) in [6.45, 7) is 7.64. The fourth-order valence-corrected chi connectivity index (χ4v) is 5.57. The molecule has 0 saturated heterocycles. The van der Waals surface area contributed by atoms with Crippen molar-refractivity contribution in [1.82, 2.24) is 0 Å². The number of hydrogen-bond donors (Lipinski definition) is 1. The van der Waals surface area contributed by atoms with Crippen LogP contribution in [0.3, 0.4) is 0 Å². The number of rotatable bonds is 6. The van der Waals surface area contributed by atoms with Gasteiger partial charge in [0.25, 0.3) is 10.1 Å². The maximum absolute atomic E-state index is 11.3. The van der Waals surface area contributed by atoms with E-state index in [4.69, 9.17) is 0 Å². The van der Waals surface area contributed by atoms with Gasteiger partial charge in [-0.2, -0.15) is 8.42 Å². The van der Waals surface area contributed by atoms with Crippen molar-refractivity contribution in [2.24, 2.45) is 5.92 Å². The summed E-state index contributed by atoms with van der Waals surface area (Å²) in [6.07, 6.45) is 1.81. The number of hydrogen-bond acceptors (Lipinski definition) is 2. The van der Waals surface area contributed by atoms with Gasteiger partial charge >= 0.3 is 0 Å². The smallest absolute Gasteiger partial charge is 0.267 e. The van der Waals surface area contributed by atoms with Crippen molar-refractivity contribution in [3.8, 4) is 0 Å². The van der Waals surface area contributed by atoms with Crippen LogP contribution in [0.5, 0.6) is 0 Å². The molecule has 0 aromatic rings. The summed E-state index contributed by atoms with van der Waals surface area (Å²) in [7, 11) is -4.66. The lowest BCUT2D eigenvalue weighted by Gasteiger charge is -2.31. The molecule has 0 aliphatic rings. The molecule has 0 radical (unpaired) electrons. The Morgan fingerprint density at radius 3 is 2.21 bits per heavy atom. The Bertz CT molecular complexity index is 263. The minimum atomic E-state index is -3.89. The van der Waals surface area contributed by atoms with Crippen LogP contribution in [0, 0.1) is 5.92 Å². The van der Waals surface area contributed by atoms with E-state index < -0.39 is 24.0 Å². The molecule has 0 saturated carbocycles. The van der Waals surface area contributed by atoms with Crippen LogP contribution in [0.25, 0.3) is 0 Å². The Morgan fingerprint density at radius 2 is 1.93 bits per heavy atom. The Kier molecular flexibility index (Phi) is 5.32. The maximum Gasteiger partial charge on any atom is 0.267 e. The largest absolute Gasteiger partial charge is 0.285 e. The lowest BCUT2D eigenvalue weighted by Crippen LogP contribution is -2.46. The van der Waals surface area contributed by atoms with Crippen LogP contribution in [-0.2, 0) is 10.1 Å². The molecule has 2 atom stereocenters. The van der Waals surface area contributed by atoms with Gasteiger partial charge < -0.3 is 0 Å². The Balaban J connectivity index is 4.86. The zero-order chi connectivity index (χ0) is 11.4. The van der Waals surface area contributed by atoms with Gasteiger partial charge in [0.2, 0.25) is 0 Å². The summed E-state index contributed by atoms with van der Waals surface area (Å²) < 4.78 is 31.1. The van der Waals surface area contributed by atoms with E-state index in [9.17, 15) is 13.0 Å². The molecule has 0 aromatic carbocycles. The predicted octanol–water partition coefficient (Wildman–Crippen LogP) is 1.63. The van der Waals surface area contributed by atoms with Crippen molar-refractivity contribution >= 4 is 19.6 Å². The van der Waals surface area contributed by atoms with Gasteiger partial charge in [0.1, 0.15) is 0 Å². The minimum absolute atomic E-state index is 0.0516. The van der Waals surface area contributed by atoms with Gasteiger partial charge in [0.15, 0.2) is 0 Å². The van der Waals surface area contributed by atoms with Gasteiger partial charge in [-0.3, -0.25) is 4.55 Å². The lowest BCUT2D eigenvalue weighted by atomic mass is 10.1. The maximum atomic E-state index is 11.3. The molecule has 3 nitrogen and oxygen atoms in total. The summed E-state index contributed by atoms with van der Waals surface area (Å²) in [4.78, 5) is 0. The van der Waals surface area contributed by atoms with Crippen molar-refractivity contribution in [3.63, 3.8) is 0 Å². The SMILES string of the molecule is CCC[SiH2]C(C)(C(C)CC)S(=O)(=O)O. The Morgan fingerprint density at radius 1 is 1.43 bits per heavy atom. The predicted molar refractivity (Wildman–Crippen MR) is 63.1 cm³/mol. The molecule has 0 fully saturated rings. The second-order valence-electron chi connectivity index (χ2n) is 4.20. The van der Waals surface area contributed by atoms with Crippen LogP contribution in [0.1, 0.15) is 40.5 Å². The molecule has 0 bridgehead atoms. The van der Waals surface area contributed by atoms with Gasteiger partial charge in [-0.15, -0.1) is 0 Å². The highest BCUT2D eigenvalue weighted by molar-refractivity contribution is 7.88. The van der Waals surface area contributed by atoms with Crippen molar-refractivity contribution in [1.29, 1.82) is 0 Å². The van der Waals surface area contributed by atoms with Crippen molar-refractivity contribution in [2.45, 2.75) is 51.0 Å². The summed E-state index contributed by atoms with van der Waals surface area (Å²) >= 11 is 0. The van der Waals surface area contributed by atoms with Gasteiger partial charge in [0.05, 0.1) is 4.37 Å². The highest BCUT2D eigenvalue weighted by Crippen LogP contribution is 2.28. The molecule has 0 aromatic heterocycles. The average molecular weight is 238 g/mol. The highest BCUT2D eigenvalue weighted by atomic mass is 32.2. The molecule has 5 heteroatoms. The van der Waals surface area contributed by atoms with E-state index in [1.54, 1.807) is 6.92 Å². The fraction of sp³-hybridized carbons (Fsp3) is 1.00. The lowest BCUT2D eigenvalue weighted by molar-refractivity contribution is 0.412. The zero-order valence-corrected chi connectivity index (χ0v) is 11.8. The van der Waals surface area contributed by atoms with Crippen molar-refractivity contribution < 1.29 is 13.0 Å². The average Bonchev–Trinajstić information content (AvgIpc) is 2.10. The highest BCUT2D eigenvalue weighted by Gasteiger charge is 2.41. The monoisotopic (exact) mass is 238 g/mol. The van der Waals surface area contributed by atoms with Crippen LogP contribution < -0.4 is 0 Å². The third-order valence-corrected chi connectivity index (χ3v) is 9.31. The normalized spacial score (nSPS) is 19.8. The van der Waals surface area contributed by atoms with E-state index in [1.807, 2.05) is 20.8 Å². The summed E-state index contributed by atoms with van der Waals surface area (Å²) in [5.41, 5.74) is 0. The van der Waals surface area contributed by atoms with Crippen molar-refractivity contribution in [2.75, 3.05) is 0 Å². The molecule has 0 spiro atoms. The van der Waals surface area contributed by atoms with Crippen LogP contribution in [0.2, 0.25) is 6.04 Å². The van der Waals surface area contributed by atoms with E-state index in [1.165, 1.54) is 0 Å². The third-order valence-electron chi connectivity index (χ3n) is 3.27. The summed E-state index contributed by atoms with van der Waals surface area (Å²) in [5.74, 6) is 0.0516. The molecule has 0 aliphatic carbocycles. The molecule has 2 unspecified atom stereocenters. The second kappa shape index (κ2) is 5.28. The summed E-state index contributed by atoms with van der Waals surface area (Å²) in [5, 5.41) is 0. The topological polar surface area (TPSA) is 54.4 Å². The van der Waals surface area contributed by atoms with E-state index >= 15 is 0 Å². The van der Waals surface area contributed by atoms with E-state index in [0.717, 1.165) is 18.9 Å². The molecule has 0 heterocycles. The molecule has 1 N–H and O–H groups in total. The molecule has 0 rings (SSSR count). The first-order valence-corrected chi connectivity index (χ1v) is 8.41. The van der Waals surface area contributed by atoms with Gasteiger partial charge in [-0.25, -0.2) is 0 Å². The van der Waals surface area contributed by atoms with Crippen LogP contribution in [0.4, 0.5) is 0 Å². The summed E-state index contributed by atoms with van der Waals surface area (Å²) in [6, 6.07) is 0.973. The molecule has 86 valence electrons. The van der Waals surface area contributed by atoms with Gasteiger partial charge in [0, 0.05) is 9.52 Å². The van der Waals surface area contributed by atoms with E-state index in [-0.39, 0.29) is 5.92 Å². The first-order valence-electron chi connectivity index (χ1n) is 5.26. The standard InChI is InChI=1S/C9H22O3SSi/c1-5-7-14-9(4,8(3)6-2)13(10,11)12/h8H,5-7,14H2,1-4H3,(H,10,11,12). The third kappa shape index (κ3) is 3.07. The van der Waals surface area contributed by atoms with Crippen LogP contribution in [-0.4, -0.2) is 26.9 Å². The molecular weight excluding hydrogens is 216 g/mol. The zero-order valence-electron chi connectivity index (χ0n) is 9.58. The first kappa shape index (κ1) is 14.1. The van der Waals surface area contributed by atoms with Crippen LogP contribution >= 0.6 is 0 Å². The Hall–Kier alpha value is 0.127. The second-order valence-corrected chi connectivity index (χ2v) is 9.27. The van der Waals surface area contributed by atoms with Gasteiger partial charge in [-0.1, -0.05) is 39.7 Å². The molecule has 0 aliphatic heterocycles. The molecule has 14 heavy (non-hydrogen) atoms. The van der Waals surface area contributed by atoms with Crippen molar-refractivity contribution in [3.05, 3.63) is 0 Å². The quantitative estimate of drug-likeness (QED) is 0.565. The van der Waals surface area contributed by atoms with E-state index in [2.05, 4.69) is 0 Å². The Labute approximate surface area is 89.9 Å². The van der Waals surface area contributed by atoms with E-state index in [0.29, 0.717) is 0 Å². The molecular formula is C9H22O3SSi.